The van der Waals surface area contributed by atoms with Crippen LogP contribution in [0, 0.1) is 0 Å². The highest BCUT2D eigenvalue weighted by atomic mass is 16.3. The average Bonchev–Trinajstić information content (AvgIpc) is 2.97. The van der Waals surface area contributed by atoms with Crippen LogP contribution in [0.2, 0.25) is 0 Å². The molecule has 1 aromatic heterocycles. The van der Waals surface area contributed by atoms with Crippen molar-refractivity contribution in [3.05, 3.63) is 24.0 Å². The zero-order valence-electron chi connectivity index (χ0n) is 12.7. The zero-order valence-corrected chi connectivity index (χ0v) is 12.7. The molecule has 1 fully saturated rings. The summed E-state index contributed by atoms with van der Waals surface area (Å²) in [5, 5.41) is 12.9. The summed E-state index contributed by atoms with van der Waals surface area (Å²) in [6.07, 6.45) is 6.38. The topological polar surface area (TPSA) is 48.4 Å². The van der Waals surface area contributed by atoms with Gasteiger partial charge in [-0.1, -0.05) is 13.8 Å². The van der Waals surface area contributed by atoms with Crippen molar-refractivity contribution in [1.82, 2.24) is 10.3 Å². The van der Waals surface area contributed by atoms with Crippen LogP contribution in [0.4, 0.5) is 5.69 Å². The number of rotatable bonds is 7. The third kappa shape index (κ3) is 3.49. The van der Waals surface area contributed by atoms with Crippen LogP contribution in [0.1, 0.15) is 51.3 Å². The number of nitrogens with zero attached hydrogens (tertiary/aromatic N) is 2. The van der Waals surface area contributed by atoms with Gasteiger partial charge in [-0.2, -0.15) is 0 Å². The van der Waals surface area contributed by atoms with Crippen LogP contribution >= 0.6 is 0 Å². The van der Waals surface area contributed by atoms with Gasteiger partial charge in [-0.25, -0.2) is 0 Å². The Morgan fingerprint density at radius 1 is 1.45 bits per heavy atom. The van der Waals surface area contributed by atoms with Crippen LogP contribution in [-0.2, 0) is 0 Å². The summed E-state index contributed by atoms with van der Waals surface area (Å²) in [5.74, 6) is 0. The number of pyridine rings is 1. The molecule has 2 N–H and O–H groups in total. The molecule has 112 valence electrons. The Kier molecular flexibility index (Phi) is 5.80. The van der Waals surface area contributed by atoms with E-state index in [2.05, 4.69) is 41.2 Å². The standard InChI is InChI=1S/C16H27N3O/c1-3-9-17-15(4-2)16-8-7-13(11-18-16)19-10-5-6-14(19)12-20/h7-8,11,14-15,17,20H,3-6,9-10,12H2,1-2H3. The fourth-order valence-electron chi connectivity index (χ4n) is 2.92. The number of anilines is 1. The quantitative estimate of drug-likeness (QED) is 0.804. The van der Waals surface area contributed by atoms with E-state index < -0.39 is 0 Å². The van der Waals surface area contributed by atoms with E-state index in [4.69, 9.17) is 0 Å². The lowest BCUT2D eigenvalue weighted by Gasteiger charge is -2.25. The summed E-state index contributed by atoms with van der Waals surface area (Å²) in [5.41, 5.74) is 2.25. The van der Waals surface area contributed by atoms with E-state index in [0.717, 1.165) is 50.2 Å². The Morgan fingerprint density at radius 3 is 2.90 bits per heavy atom. The maximum Gasteiger partial charge on any atom is 0.0635 e. The molecule has 1 aliphatic rings. The van der Waals surface area contributed by atoms with E-state index in [1.165, 1.54) is 0 Å². The van der Waals surface area contributed by atoms with Gasteiger partial charge in [0.05, 0.1) is 30.2 Å². The summed E-state index contributed by atoms with van der Waals surface area (Å²) in [6.45, 7) is 6.65. The molecule has 20 heavy (non-hydrogen) atoms. The van der Waals surface area contributed by atoms with E-state index in [0.29, 0.717) is 6.04 Å². The Balaban J connectivity index is 2.05. The molecule has 2 atom stereocenters. The summed E-state index contributed by atoms with van der Waals surface area (Å²) < 4.78 is 0. The van der Waals surface area contributed by atoms with Crippen molar-refractivity contribution in [2.24, 2.45) is 0 Å². The molecular weight excluding hydrogens is 250 g/mol. The number of aliphatic hydroxyl groups is 1. The predicted octanol–water partition coefficient (Wildman–Crippen LogP) is 2.49. The van der Waals surface area contributed by atoms with E-state index in [1.807, 2.05) is 6.20 Å². The lowest BCUT2D eigenvalue weighted by Crippen LogP contribution is -2.32. The lowest BCUT2D eigenvalue weighted by atomic mass is 10.1. The summed E-state index contributed by atoms with van der Waals surface area (Å²) in [6, 6.07) is 4.88. The first kappa shape index (κ1) is 15.3. The number of hydrogen-bond donors (Lipinski definition) is 2. The number of aliphatic hydroxyl groups excluding tert-OH is 1. The van der Waals surface area contributed by atoms with Gasteiger partial charge in [0.25, 0.3) is 0 Å². The molecular formula is C16H27N3O. The van der Waals surface area contributed by atoms with Crippen molar-refractivity contribution >= 4 is 5.69 Å². The van der Waals surface area contributed by atoms with Crippen LogP contribution in [0.25, 0.3) is 0 Å². The minimum atomic E-state index is 0.234. The van der Waals surface area contributed by atoms with Gasteiger partial charge in [-0.05, 0) is 44.4 Å². The maximum atomic E-state index is 9.40. The SMILES string of the molecule is CCCNC(CC)c1ccc(N2CCCC2CO)cn1. The molecule has 0 spiro atoms. The highest BCUT2D eigenvalue weighted by Gasteiger charge is 2.24. The second-order valence-electron chi connectivity index (χ2n) is 5.53. The van der Waals surface area contributed by atoms with Crippen molar-refractivity contribution in [1.29, 1.82) is 0 Å². The molecule has 2 heterocycles. The molecule has 0 bridgehead atoms. The maximum absolute atomic E-state index is 9.40. The highest BCUT2D eigenvalue weighted by Crippen LogP contribution is 2.25. The Morgan fingerprint density at radius 2 is 2.30 bits per heavy atom. The molecule has 4 heteroatoms. The monoisotopic (exact) mass is 277 g/mol. The van der Waals surface area contributed by atoms with Crippen LogP contribution in [0.3, 0.4) is 0 Å². The van der Waals surface area contributed by atoms with E-state index in [1.54, 1.807) is 0 Å². The normalized spacial score (nSPS) is 20.4. The second kappa shape index (κ2) is 7.60. The largest absolute Gasteiger partial charge is 0.394 e. The Hall–Kier alpha value is -1.13. The van der Waals surface area contributed by atoms with Gasteiger partial charge in [0.15, 0.2) is 0 Å². The molecule has 4 nitrogen and oxygen atoms in total. The van der Waals surface area contributed by atoms with Gasteiger partial charge >= 0.3 is 0 Å². The third-order valence-corrected chi connectivity index (χ3v) is 4.10. The number of aromatic nitrogens is 1. The molecule has 2 unspecified atom stereocenters. The van der Waals surface area contributed by atoms with Crippen molar-refractivity contribution in [2.75, 3.05) is 24.6 Å². The zero-order chi connectivity index (χ0) is 14.4. The van der Waals surface area contributed by atoms with Crippen molar-refractivity contribution in [3.8, 4) is 0 Å². The minimum absolute atomic E-state index is 0.234. The number of nitrogens with one attached hydrogen (secondary N) is 1. The molecule has 0 radical (unpaired) electrons. The number of hydrogen-bond acceptors (Lipinski definition) is 4. The predicted molar refractivity (Wildman–Crippen MR) is 83.0 cm³/mol. The molecule has 0 aromatic carbocycles. The first-order valence-electron chi connectivity index (χ1n) is 7.87. The van der Waals surface area contributed by atoms with Gasteiger partial charge < -0.3 is 15.3 Å². The Bertz CT molecular complexity index is 393. The highest BCUT2D eigenvalue weighted by molar-refractivity contribution is 5.47. The van der Waals surface area contributed by atoms with Crippen LogP contribution in [0.5, 0.6) is 0 Å². The van der Waals surface area contributed by atoms with Gasteiger partial charge in [0.1, 0.15) is 0 Å². The summed E-state index contributed by atoms with van der Waals surface area (Å²) >= 11 is 0. The molecule has 0 aliphatic carbocycles. The molecule has 2 rings (SSSR count). The van der Waals surface area contributed by atoms with E-state index in [-0.39, 0.29) is 12.6 Å². The fraction of sp³-hybridized carbons (Fsp3) is 0.688. The van der Waals surface area contributed by atoms with Gasteiger partial charge in [-0.3, -0.25) is 4.98 Å². The molecule has 0 saturated carbocycles. The smallest absolute Gasteiger partial charge is 0.0635 e. The van der Waals surface area contributed by atoms with E-state index in [9.17, 15) is 5.11 Å². The molecule has 1 aromatic rings. The molecule has 1 aliphatic heterocycles. The minimum Gasteiger partial charge on any atom is -0.394 e. The van der Waals surface area contributed by atoms with Crippen LogP contribution in [-0.4, -0.2) is 35.8 Å². The van der Waals surface area contributed by atoms with Crippen molar-refractivity contribution in [2.45, 2.75) is 51.6 Å². The van der Waals surface area contributed by atoms with E-state index >= 15 is 0 Å². The fourth-order valence-corrected chi connectivity index (χ4v) is 2.92. The van der Waals surface area contributed by atoms with Crippen molar-refractivity contribution in [3.63, 3.8) is 0 Å². The first-order valence-corrected chi connectivity index (χ1v) is 7.87. The lowest BCUT2D eigenvalue weighted by molar-refractivity contribution is 0.266. The van der Waals surface area contributed by atoms with Gasteiger partial charge in [0.2, 0.25) is 0 Å². The van der Waals surface area contributed by atoms with Crippen LogP contribution < -0.4 is 10.2 Å². The first-order chi connectivity index (χ1) is 9.80. The third-order valence-electron chi connectivity index (χ3n) is 4.10. The average molecular weight is 277 g/mol. The van der Waals surface area contributed by atoms with Gasteiger partial charge in [-0.15, -0.1) is 0 Å². The summed E-state index contributed by atoms with van der Waals surface area (Å²) in [4.78, 5) is 6.91. The summed E-state index contributed by atoms with van der Waals surface area (Å²) in [7, 11) is 0. The molecule has 0 amide bonds. The van der Waals surface area contributed by atoms with Crippen LogP contribution in [0.15, 0.2) is 18.3 Å². The Labute approximate surface area is 122 Å². The van der Waals surface area contributed by atoms with Gasteiger partial charge in [0, 0.05) is 12.6 Å². The molecule has 1 saturated heterocycles. The van der Waals surface area contributed by atoms with Crippen molar-refractivity contribution < 1.29 is 5.11 Å². The second-order valence-corrected chi connectivity index (χ2v) is 5.53.